The molecular weight excluding hydrogens is 358 g/mol. The molecule has 3 rings (SSSR count). The van der Waals surface area contributed by atoms with Crippen LogP contribution < -0.4 is 0 Å². The lowest BCUT2D eigenvalue weighted by Crippen LogP contribution is -2.18. The Morgan fingerprint density at radius 1 is 1.25 bits per heavy atom. The van der Waals surface area contributed by atoms with Crippen LogP contribution in [0.3, 0.4) is 0 Å². The maximum atomic E-state index is 13.8. The molecule has 0 amide bonds. The molecule has 24 heavy (non-hydrogen) atoms. The Bertz CT molecular complexity index is 890. The van der Waals surface area contributed by atoms with Gasteiger partial charge in [0.05, 0.1) is 0 Å². The predicted octanol–water partition coefficient (Wildman–Crippen LogP) is 3.61. The van der Waals surface area contributed by atoms with Gasteiger partial charge in [-0.05, 0) is 44.6 Å². The van der Waals surface area contributed by atoms with E-state index in [0.29, 0.717) is 6.07 Å². The predicted molar refractivity (Wildman–Crippen MR) is 85.7 cm³/mol. The second-order valence-corrected chi connectivity index (χ2v) is 7.97. The molecule has 2 heterocycles. The minimum Gasteiger partial charge on any atom is -0.299 e. The smallest absolute Gasteiger partial charge is 0.226 e. The van der Waals surface area contributed by atoms with Gasteiger partial charge in [0.2, 0.25) is 9.84 Å². The summed E-state index contributed by atoms with van der Waals surface area (Å²) in [6.07, 6.45) is 1.94. The van der Waals surface area contributed by atoms with Crippen molar-refractivity contribution < 1.29 is 17.2 Å². The number of hydrogen-bond donors (Lipinski definition) is 0. The highest BCUT2D eigenvalue weighted by Crippen LogP contribution is 2.35. The van der Waals surface area contributed by atoms with Gasteiger partial charge in [0.15, 0.2) is 5.03 Å². The average molecular weight is 373 g/mol. The van der Waals surface area contributed by atoms with E-state index >= 15 is 0 Å². The van der Waals surface area contributed by atoms with E-state index in [9.17, 15) is 17.2 Å². The zero-order valence-electron chi connectivity index (χ0n) is 12.8. The Labute approximate surface area is 144 Å². The molecule has 1 unspecified atom stereocenters. The topological polar surface area (TPSA) is 50.3 Å². The van der Waals surface area contributed by atoms with Gasteiger partial charge in [-0.1, -0.05) is 17.7 Å². The standard InChI is InChI=1S/C16H15ClF2N2O2S/c1-21-8-2-3-13(21)11-5-7-15(20-16(11)17)24(22,23)14-6-4-10(18)9-12(14)19/h4-7,9,13H,2-3,8H2,1H3. The summed E-state index contributed by atoms with van der Waals surface area (Å²) in [6.45, 7) is 0.932. The summed E-state index contributed by atoms with van der Waals surface area (Å²) in [7, 11) is -2.25. The Kier molecular flexibility index (Phi) is 4.59. The van der Waals surface area contributed by atoms with Gasteiger partial charge in [0.25, 0.3) is 0 Å². The van der Waals surface area contributed by atoms with Crippen molar-refractivity contribution in [3.63, 3.8) is 0 Å². The van der Waals surface area contributed by atoms with Crippen molar-refractivity contribution in [1.29, 1.82) is 0 Å². The monoisotopic (exact) mass is 372 g/mol. The van der Waals surface area contributed by atoms with Gasteiger partial charge in [-0.25, -0.2) is 22.2 Å². The third kappa shape index (κ3) is 3.03. The highest BCUT2D eigenvalue weighted by Gasteiger charge is 2.28. The quantitative estimate of drug-likeness (QED) is 0.610. The zero-order valence-corrected chi connectivity index (χ0v) is 14.4. The van der Waals surface area contributed by atoms with E-state index in [1.807, 2.05) is 7.05 Å². The molecule has 8 heteroatoms. The van der Waals surface area contributed by atoms with Crippen molar-refractivity contribution in [3.8, 4) is 0 Å². The van der Waals surface area contributed by atoms with E-state index < -0.39 is 26.4 Å². The lowest BCUT2D eigenvalue weighted by Gasteiger charge is -2.20. The number of halogens is 3. The molecule has 1 aliphatic heterocycles. The number of nitrogens with zero attached hydrogens (tertiary/aromatic N) is 2. The number of pyridine rings is 1. The summed E-state index contributed by atoms with van der Waals surface area (Å²) in [6, 6.07) is 5.30. The number of likely N-dealkylation sites (tertiary alicyclic amines) is 1. The van der Waals surface area contributed by atoms with Crippen LogP contribution >= 0.6 is 11.6 Å². The molecule has 1 saturated heterocycles. The average Bonchev–Trinajstić information content (AvgIpc) is 2.92. The van der Waals surface area contributed by atoms with Crippen LogP contribution in [0.5, 0.6) is 0 Å². The van der Waals surface area contributed by atoms with E-state index in [1.165, 1.54) is 6.07 Å². The molecular formula is C16H15ClF2N2O2S. The number of aromatic nitrogens is 1. The van der Waals surface area contributed by atoms with Crippen LogP contribution in [0.4, 0.5) is 8.78 Å². The molecule has 0 bridgehead atoms. The summed E-state index contributed by atoms with van der Waals surface area (Å²) in [5.74, 6) is -2.01. The van der Waals surface area contributed by atoms with E-state index in [4.69, 9.17) is 11.6 Å². The molecule has 1 fully saturated rings. The molecule has 1 aromatic heterocycles. The molecule has 0 radical (unpaired) electrons. The molecule has 1 aromatic carbocycles. The Morgan fingerprint density at radius 3 is 2.58 bits per heavy atom. The Balaban J connectivity index is 2.02. The van der Waals surface area contributed by atoms with Crippen LogP contribution in [0.1, 0.15) is 24.4 Å². The molecule has 128 valence electrons. The highest BCUT2D eigenvalue weighted by molar-refractivity contribution is 7.91. The highest BCUT2D eigenvalue weighted by atomic mass is 35.5. The largest absolute Gasteiger partial charge is 0.299 e. The van der Waals surface area contributed by atoms with Gasteiger partial charge >= 0.3 is 0 Å². The van der Waals surface area contributed by atoms with E-state index in [1.54, 1.807) is 6.07 Å². The molecule has 0 saturated carbocycles. The number of sulfone groups is 1. The summed E-state index contributed by atoms with van der Waals surface area (Å²) in [5, 5.41) is -0.278. The third-order valence-corrected chi connectivity index (χ3v) is 6.18. The van der Waals surface area contributed by atoms with E-state index in [-0.39, 0.29) is 16.2 Å². The van der Waals surface area contributed by atoms with Gasteiger partial charge in [-0.15, -0.1) is 0 Å². The van der Waals surface area contributed by atoms with E-state index in [0.717, 1.165) is 37.1 Å². The summed E-state index contributed by atoms with van der Waals surface area (Å²) >= 11 is 6.18. The van der Waals surface area contributed by atoms with Crippen molar-refractivity contribution >= 4 is 21.4 Å². The van der Waals surface area contributed by atoms with Gasteiger partial charge < -0.3 is 0 Å². The van der Waals surface area contributed by atoms with Gasteiger partial charge in [-0.2, -0.15) is 0 Å². The van der Waals surface area contributed by atoms with Gasteiger partial charge in [0, 0.05) is 17.7 Å². The molecule has 2 aromatic rings. The summed E-state index contributed by atoms with van der Waals surface area (Å²) in [5.41, 5.74) is 0.746. The van der Waals surface area contributed by atoms with Crippen LogP contribution in [-0.2, 0) is 9.84 Å². The van der Waals surface area contributed by atoms with Gasteiger partial charge in [-0.3, -0.25) is 4.90 Å². The van der Waals surface area contributed by atoms with Crippen molar-refractivity contribution in [2.24, 2.45) is 0 Å². The van der Waals surface area contributed by atoms with E-state index in [2.05, 4.69) is 9.88 Å². The summed E-state index contributed by atoms with van der Waals surface area (Å²) < 4.78 is 51.9. The fourth-order valence-corrected chi connectivity index (χ4v) is 4.51. The normalized spacial score (nSPS) is 18.9. The number of benzene rings is 1. The first-order valence-corrected chi connectivity index (χ1v) is 9.23. The SMILES string of the molecule is CN1CCCC1c1ccc(S(=O)(=O)c2ccc(F)cc2F)nc1Cl. The van der Waals surface area contributed by atoms with Crippen LogP contribution in [-0.4, -0.2) is 31.9 Å². The van der Waals surface area contributed by atoms with Crippen LogP contribution in [0.25, 0.3) is 0 Å². The lowest BCUT2D eigenvalue weighted by molar-refractivity contribution is 0.317. The van der Waals surface area contributed by atoms with Crippen molar-refractivity contribution in [2.75, 3.05) is 13.6 Å². The molecule has 0 spiro atoms. The van der Waals surface area contributed by atoms with Crippen LogP contribution in [0.15, 0.2) is 40.3 Å². The van der Waals surface area contributed by atoms with Gasteiger partial charge in [0.1, 0.15) is 21.7 Å². The fourth-order valence-electron chi connectivity index (χ4n) is 2.94. The Morgan fingerprint density at radius 2 is 2.00 bits per heavy atom. The fraction of sp³-hybridized carbons (Fsp3) is 0.312. The Hall–Kier alpha value is -1.57. The maximum absolute atomic E-state index is 13.8. The molecule has 1 aliphatic rings. The first-order chi connectivity index (χ1) is 11.3. The van der Waals surface area contributed by atoms with Crippen LogP contribution in [0, 0.1) is 11.6 Å². The second kappa shape index (κ2) is 6.38. The van der Waals surface area contributed by atoms with Crippen LogP contribution in [0.2, 0.25) is 5.15 Å². The minimum atomic E-state index is -4.21. The molecule has 4 nitrogen and oxygen atoms in total. The first kappa shape index (κ1) is 17.3. The molecule has 1 atom stereocenters. The lowest BCUT2D eigenvalue weighted by atomic mass is 10.1. The third-order valence-electron chi connectivity index (χ3n) is 4.19. The number of hydrogen-bond acceptors (Lipinski definition) is 4. The van der Waals surface area contributed by atoms with Crippen molar-refractivity contribution in [2.45, 2.75) is 28.8 Å². The molecule has 0 aliphatic carbocycles. The van der Waals surface area contributed by atoms with Crippen molar-refractivity contribution in [1.82, 2.24) is 9.88 Å². The first-order valence-electron chi connectivity index (χ1n) is 7.37. The molecule has 0 N–H and O–H groups in total. The maximum Gasteiger partial charge on any atom is 0.226 e. The second-order valence-electron chi connectivity index (χ2n) is 5.75. The van der Waals surface area contributed by atoms with Crippen molar-refractivity contribution in [3.05, 3.63) is 52.7 Å². The zero-order chi connectivity index (χ0) is 17.5. The minimum absolute atomic E-state index is 0.0809. The number of rotatable bonds is 3. The summed E-state index contributed by atoms with van der Waals surface area (Å²) in [4.78, 5) is 5.45.